The molecule has 0 bridgehead atoms. The molecule has 0 saturated heterocycles. The van der Waals surface area contributed by atoms with Crippen molar-refractivity contribution >= 4 is 35.1 Å². The summed E-state index contributed by atoms with van der Waals surface area (Å²) in [5.74, 6) is -1.21. The largest absolute Gasteiger partial charge is 0.462 e. The van der Waals surface area contributed by atoms with E-state index in [4.69, 9.17) is 32.7 Å². The van der Waals surface area contributed by atoms with E-state index in [9.17, 15) is 9.59 Å². The summed E-state index contributed by atoms with van der Waals surface area (Å²) in [5.41, 5.74) is 3.78. The van der Waals surface area contributed by atoms with Gasteiger partial charge in [0.15, 0.2) is 0 Å². The highest BCUT2D eigenvalue weighted by Gasteiger charge is 2.29. The van der Waals surface area contributed by atoms with E-state index in [-0.39, 0.29) is 30.2 Å². The van der Waals surface area contributed by atoms with Gasteiger partial charge >= 0.3 is 11.9 Å². The van der Waals surface area contributed by atoms with Gasteiger partial charge in [-0.1, -0.05) is 48.0 Å². The third-order valence-corrected chi connectivity index (χ3v) is 5.42. The quantitative estimate of drug-likeness (QED) is 0.299. The van der Waals surface area contributed by atoms with E-state index in [2.05, 4.69) is 4.98 Å². The topological polar surface area (TPSA) is 65.5 Å². The summed E-state index contributed by atoms with van der Waals surface area (Å²) >= 11 is 12.3. The Morgan fingerprint density at radius 2 is 1.66 bits per heavy atom. The van der Waals surface area contributed by atoms with E-state index >= 15 is 0 Å². The van der Waals surface area contributed by atoms with Crippen LogP contribution in [0.2, 0.25) is 5.02 Å². The fourth-order valence-electron chi connectivity index (χ4n) is 3.51. The number of nitrogens with zero attached hydrogens (tertiary/aromatic N) is 1. The molecule has 0 spiro atoms. The van der Waals surface area contributed by atoms with Gasteiger partial charge in [-0.05, 0) is 49.6 Å². The molecule has 3 aromatic rings. The number of aromatic nitrogens is 1. The number of pyridine rings is 1. The van der Waals surface area contributed by atoms with E-state index in [0.717, 1.165) is 11.1 Å². The lowest BCUT2D eigenvalue weighted by molar-refractivity contribution is 0.0472. The number of esters is 2. The lowest BCUT2D eigenvalue weighted by atomic mass is 9.90. The summed E-state index contributed by atoms with van der Waals surface area (Å²) < 4.78 is 10.9. The number of aryl methyl sites for hydroxylation is 2. The van der Waals surface area contributed by atoms with Crippen molar-refractivity contribution in [3.05, 3.63) is 87.2 Å². The summed E-state index contributed by atoms with van der Waals surface area (Å²) in [6, 6.07) is 14.6. The lowest BCUT2D eigenvalue weighted by Gasteiger charge is -2.20. The van der Waals surface area contributed by atoms with Crippen LogP contribution in [0.5, 0.6) is 0 Å². The number of halogens is 2. The van der Waals surface area contributed by atoms with Crippen LogP contribution >= 0.6 is 23.2 Å². The van der Waals surface area contributed by atoms with Gasteiger partial charge in [-0.25, -0.2) is 9.59 Å². The third-order valence-electron chi connectivity index (χ3n) is 4.93. The molecule has 2 aromatic carbocycles. The minimum atomic E-state index is -0.600. The molecule has 1 aromatic heterocycles. The molecule has 0 aliphatic heterocycles. The van der Waals surface area contributed by atoms with Crippen molar-refractivity contribution in [2.45, 2.75) is 33.3 Å². The molecule has 0 atom stereocenters. The number of rotatable bonds is 7. The third kappa shape index (κ3) is 5.12. The first-order valence-corrected chi connectivity index (χ1v) is 11.0. The van der Waals surface area contributed by atoms with Crippen LogP contribution in [-0.4, -0.2) is 23.5 Å². The van der Waals surface area contributed by atoms with Crippen LogP contribution in [0.4, 0.5) is 0 Å². The van der Waals surface area contributed by atoms with Crippen molar-refractivity contribution in [2.24, 2.45) is 0 Å². The molecular weight excluding hydrogens is 449 g/mol. The summed E-state index contributed by atoms with van der Waals surface area (Å²) in [5, 5.41) is 0.542. The van der Waals surface area contributed by atoms with Crippen molar-refractivity contribution in [3.63, 3.8) is 0 Å². The van der Waals surface area contributed by atoms with Crippen molar-refractivity contribution < 1.29 is 19.1 Å². The van der Waals surface area contributed by atoms with Gasteiger partial charge in [0, 0.05) is 10.6 Å². The average molecular weight is 472 g/mol. The number of hydrogen-bond acceptors (Lipinski definition) is 5. The SMILES string of the molecule is CCOC(=O)c1c(CCl)nc(C)c(C(=O)OCc2ccccc2)c1-c1ccc(Cl)cc1C. The van der Waals surface area contributed by atoms with Gasteiger partial charge in [-0.3, -0.25) is 4.98 Å². The predicted octanol–water partition coefficient (Wildman–Crippen LogP) is 6.29. The van der Waals surface area contributed by atoms with Crippen molar-refractivity contribution in [1.29, 1.82) is 0 Å². The van der Waals surface area contributed by atoms with Gasteiger partial charge in [-0.2, -0.15) is 0 Å². The number of benzene rings is 2. The predicted molar refractivity (Wildman–Crippen MR) is 125 cm³/mol. The molecule has 7 heteroatoms. The van der Waals surface area contributed by atoms with E-state index in [1.807, 2.05) is 37.3 Å². The Hall–Kier alpha value is -2.89. The molecule has 0 aliphatic rings. The minimum absolute atomic E-state index is 0.0199. The number of hydrogen-bond donors (Lipinski definition) is 0. The summed E-state index contributed by atoms with van der Waals surface area (Å²) in [7, 11) is 0. The van der Waals surface area contributed by atoms with Crippen LogP contribution in [0.3, 0.4) is 0 Å². The summed E-state index contributed by atoms with van der Waals surface area (Å²) in [6.07, 6.45) is 0. The van der Waals surface area contributed by atoms with Crippen molar-refractivity contribution in [3.8, 4) is 11.1 Å². The number of ether oxygens (including phenoxy) is 2. The highest BCUT2D eigenvalue weighted by Crippen LogP contribution is 2.36. The molecule has 3 rings (SSSR count). The van der Waals surface area contributed by atoms with E-state index in [1.54, 1.807) is 32.0 Å². The number of alkyl halides is 1. The molecule has 0 radical (unpaired) electrons. The Morgan fingerprint density at radius 3 is 2.28 bits per heavy atom. The molecule has 0 saturated carbocycles. The number of carbonyl (C=O) groups excluding carboxylic acids is 2. The second-order valence-electron chi connectivity index (χ2n) is 7.14. The Kier molecular flexibility index (Phi) is 7.89. The van der Waals surface area contributed by atoms with Crippen LogP contribution in [-0.2, 0) is 22.0 Å². The smallest absolute Gasteiger partial charge is 0.340 e. The van der Waals surface area contributed by atoms with Crippen LogP contribution in [0, 0.1) is 13.8 Å². The Bertz CT molecular complexity index is 1150. The zero-order valence-corrected chi connectivity index (χ0v) is 19.6. The first-order chi connectivity index (χ1) is 15.4. The second-order valence-corrected chi connectivity index (χ2v) is 7.85. The normalized spacial score (nSPS) is 10.7. The fraction of sp³-hybridized carbons (Fsp3) is 0.240. The van der Waals surface area contributed by atoms with Gasteiger partial charge in [-0.15, -0.1) is 11.6 Å². The monoisotopic (exact) mass is 471 g/mol. The molecule has 32 heavy (non-hydrogen) atoms. The Balaban J connectivity index is 2.21. The highest BCUT2D eigenvalue weighted by molar-refractivity contribution is 6.30. The Labute approximate surface area is 197 Å². The molecule has 0 amide bonds. The van der Waals surface area contributed by atoms with E-state index in [0.29, 0.717) is 27.5 Å². The summed E-state index contributed by atoms with van der Waals surface area (Å²) in [4.78, 5) is 30.7. The maximum absolute atomic E-state index is 13.3. The Morgan fingerprint density at radius 1 is 0.969 bits per heavy atom. The lowest BCUT2D eigenvalue weighted by Crippen LogP contribution is -2.18. The zero-order chi connectivity index (χ0) is 23.3. The van der Waals surface area contributed by atoms with Gasteiger partial charge in [0.1, 0.15) is 6.61 Å². The average Bonchev–Trinajstić information content (AvgIpc) is 2.77. The first-order valence-electron chi connectivity index (χ1n) is 10.1. The number of carbonyl (C=O) groups is 2. The van der Waals surface area contributed by atoms with Crippen molar-refractivity contribution in [1.82, 2.24) is 4.98 Å². The fourth-order valence-corrected chi connectivity index (χ4v) is 3.93. The molecular formula is C25H23Cl2NO4. The molecule has 0 fully saturated rings. The molecule has 0 N–H and O–H groups in total. The van der Waals surface area contributed by atoms with Gasteiger partial charge in [0.2, 0.25) is 0 Å². The maximum Gasteiger partial charge on any atom is 0.340 e. The summed E-state index contributed by atoms with van der Waals surface area (Å²) in [6.45, 7) is 5.51. The second kappa shape index (κ2) is 10.6. The van der Waals surface area contributed by atoms with E-state index < -0.39 is 11.9 Å². The van der Waals surface area contributed by atoms with Crippen molar-refractivity contribution in [2.75, 3.05) is 6.61 Å². The zero-order valence-electron chi connectivity index (χ0n) is 18.1. The molecule has 5 nitrogen and oxygen atoms in total. The van der Waals surface area contributed by atoms with Crippen LogP contribution in [0.15, 0.2) is 48.5 Å². The van der Waals surface area contributed by atoms with Crippen LogP contribution < -0.4 is 0 Å². The van der Waals surface area contributed by atoms with Crippen LogP contribution in [0.25, 0.3) is 11.1 Å². The van der Waals surface area contributed by atoms with Gasteiger partial charge < -0.3 is 9.47 Å². The molecule has 0 aliphatic carbocycles. The van der Waals surface area contributed by atoms with E-state index in [1.165, 1.54) is 0 Å². The molecule has 166 valence electrons. The van der Waals surface area contributed by atoms with Gasteiger partial charge in [0.25, 0.3) is 0 Å². The molecule has 0 unspecified atom stereocenters. The minimum Gasteiger partial charge on any atom is -0.462 e. The highest BCUT2D eigenvalue weighted by atomic mass is 35.5. The molecule has 1 heterocycles. The first kappa shape index (κ1) is 23.8. The maximum atomic E-state index is 13.3. The van der Waals surface area contributed by atoms with Gasteiger partial charge in [0.05, 0.1) is 35.0 Å². The van der Waals surface area contributed by atoms with Crippen LogP contribution in [0.1, 0.15) is 50.2 Å². The standard InChI is InChI=1S/C25H23Cl2NO4/c1-4-31-25(30)23-20(13-26)28-16(3)21(22(23)19-11-10-18(27)12-15(19)2)24(29)32-14-17-8-6-5-7-9-17/h5-12H,4,13-14H2,1-3H3.